The number of benzene rings is 2. The molecule has 69 heavy (non-hydrogen) atoms. The molecule has 6 aromatic rings. The Morgan fingerprint density at radius 2 is 1.81 bits per heavy atom. The summed E-state index contributed by atoms with van der Waals surface area (Å²) < 4.78 is 49.4. The smallest absolute Gasteiger partial charge is 0.329 e. The summed E-state index contributed by atoms with van der Waals surface area (Å²) >= 11 is 1.25. The number of hydrogen-bond donors (Lipinski definition) is 3. The van der Waals surface area contributed by atoms with Crippen molar-refractivity contribution in [3.8, 4) is 11.3 Å². The van der Waals surface area contributed by atoms with Crippen LogP contribution in [0.1, 0.15) is 64.1 Å². The van der Waals surface area contributed by atoms with Gasteiger partial charge < -0.3 is 19.3 Å². The van der Waals surface area contributed by atoms with Crippen molar-refractivity contribution in [1.29, 1.82) is 0 Å². The van der Waals surface area contributed by atoms with E-state index in [4.69, 9.17) is 0 Å². The number of thiazole rings is 1. The van der Waals surface area contributed by atoms with Gasteiger partial charge in [-0.25, -0.2) is 27.9 Å². The first-order chi connectivity index (χ1) is 33.3. The van der Waals surface area contributed by atoms with Crippen molar-refractivity contribution in [3.63, 3.8) is 0 Å². The van der Waals surface area contributed by atoms with Gasteiger partial charge in [0.2, 0.25) is 11.8 Å². The number of aryl methyl sites for hydroxylation is 1. The molecular formula is C46H43F3N14O5S. The molecule has 0 radical (unpaired) electrons. The Kier molecular flexibility index (Phi) is 10.1. The van der Waals surface area contributed by atoms with Crippen LogP contribution in [-0.2, 0) is 33.9 Å². The quantitative estimate of drug-likeness (QED) is 0.176. The number of alkyl halides is 2. The van der Waals surface area contributed by atoms with Gasteiger partial charge in [0.1, 0.15) is 5.82 Å². The maximum atomic E-state index is 15.9. The zero-order valence-electron chi connectivity index (χ0n) is 36.8. The van der Waals surface area contributed by atoms with E-state index in [9.17, 15) is 24.0 Å². The highest BCUT2D eigenvalue weighted by molar-refractivity contribution is 7.13. The minimum atomic E-state index is -3.11. The molecule has 1 spiro atoms. The molecule has 2 atom stereocenters. The van der Waals surface area contributed by atoms with Crippen LogP contribution in [0.15, 0.2) is 60.4 Å². The number of fused-ring (bicyclic) bond motifs is 3. The molecule has 12 rings (SSSR count). The van der Waals surface area contributed by atoms with E-state index in [2.05, 4.69) is 41.0 Å². The maximum absolute atomic E-state index is 15.9. The second-order valence-electron chi connectivity index (χ2n) is 18.8. The van der Waals surface area contributed by atoms with Gasteiger partial charge in [0.25, 0.3) is 17.7 Å². The van der Waals surface area contributed by atoms with E-state index in [0.29, 0.717) is 89.3 Å². The molecule has 0 saturated carbocycles. The van der Waals surface area contributed by atoms with Crippen molar-refractivity contribution < 1.29 is 37.1 Å². The number of H-pyrrole nitrogens is 1. The number of carbonyl (C=O) groups excluding carboxylic acids is 5. The third kappa shape index (κ3) is 7.45. The zero-order chi connectivity index (χ0) is 47.3. The number of rotatable bonds is 10. The summed E-state index contributed by atoms with van der Waals surface area (Å²) in [4.78, 5) is 82.0. The summed E-state index contributed by atoms with van der Waals surface area (Å²) in [5.41, 5.74) is 3.16. The number of imidazole rings is 1. The van der Waals surface area contributed by atoms with Gasteiger partial charge in [-0.05, 0) is 67.8 Å². The van der Waals surface area contributed by atoms with Crippen molar-refractivity contribution in [2.45, 2.75) is 56.7 Å². The van der Waals surface area contributed by atoms with E-state index in [1.165, 1.54) is 32.1 Å². The number of carbonyl (C=O) groups is 5. The number of imide groups is 1. The molecule has 3 N–H and O–H groups in total. The molecule has 2 unspecified atom stereocenters. The number of likely N-dealkylation sites (tertiary alicyclic amines) is 2. The first-order valence-electron chi connectivity index (χ1n) is 22.7. The SMILES string of the molecule is O=C1CCN(c2n[nH]c3cc(C4CCN(CC(=O)N5CC6(C5)CN(c5ccc(-c7cc(F)c8c(c7)C(=O)N(C(C(=O)Nc7nccs7)c7ncn9c7CCC9)C8)nn5)C6)CC4(F)F)ccc23)C(=O)N1. The lowest BCUT2D eigenvalue weighted by Crippen LogP contribution is -2.73. The first-order valence-corrected chi connectivity index (χ1v) is 23.6. The van der Waals surface area contributed by atoms with Gasteiger partial charge in [-0.1, -0.05) is 6.07 Å². The lowest BCUT2D eigenvalue weighted by Gasteiger charge is -2.60. The van der Waals surface area contributed by atoms with Crippen LogP contribution >= 0.6 is 11.3 Å². The second-order valence-corrected chi connectivity index (χ2v) is 19.7. The number of aromatic amines is 1. The molecular weight excluding hydrogens is 918 g/mol. The highest BCUT2D eigenvalue weighted by atomic mass is 32.1. The van der Waals surface area contributed by atoms with Gasteiger partial charge in [0, 0.05) is 90.5 Å². The molecule has 0 bridgehead atoms. The number of hydrogen-bond acceptors (Lipinski definition) is 13. The number of halogens is 3. The molecule has 0 aliphatic carbocycles. The fraction of sp³-hybridized carbons (Fsp3) is 0.391. The molecule has 4 fully saturated rings. The van der Waals surface area contributed by atoms with Crippen molar-refractivity contribution in [2.24, 2.45) is 5.41 Å². The Labute approximate surface area is 394 Å². The Hall–Kier alpha value is -7.27. The van der Waals surface area contributed by atoms with Crippen LogP contribution in [0.2, 0.25) is 0 Å². The summed E-state index contributed by atoms with van der Waals surface area (Å²) in [7, 11) is 0. The van der Waals surface area contributed by atoms with E-state index in [-0.39, 0.29) is 60.8 Å². The number of urea groups is 1. The van der Waals surface area contributed by atoms with E-state index in [1.807, 2.05) is 9.47 Å². The Morgan fingerprint density at radius 3 is 2.58 bits per heavy atom. The van der Waals surface area contributed by atoms with Gasteiger partial charge in [-0.3, -0.25) is 44.7 Å². The zero-order valence-corrected chi connectivity index (χ0v) is 37.6. The van der Waals surface area contributed by atoms with Crippen LogP contribution in [0.5, 0.6) is 0 Å². The lowest BCUT2D eigenvalue weighted by atomic mass is 9.72. The first kappa shape index (κ1) is 43.0. The minimum Gasteiger partial charge on any atom is -0.354 e. The predicted octanol–water partition coefficient (Wildman–Crippen LogP) is 4.31. The van der Waals surface area contributed by atoms with E-state index in [1.54, 1.807) is 59.2 Å². The fourth-order valence-corrected chi connectivity index (χ4v) is 11.4. The van der Waals surface area contributed by atoms with E-state index in [0.717, 1.165) is 18.7 Å². The third-order valence-electron chi connectivity index (χ3n) is 14.3. The molecule has 4 aromatic heterocycles. The molecule has 6 aliphatic heterocycles. The van der Waals surface area contributed by atoms with Crippen LogP contribution in [-0.4, -0.2) is 138 Å². The monoisotopic (exact) mass is 960 g/mol. The minimum absolute atomic E-state index is 0.110. The number of piperidine rings is 1. The van der Waals surface area contributed by atoms with Gasteiger partial charge in [-0.15, -0.1) is 21.5 Å². The van der Waals surface area contributed by atoms with Crippen molar-refractivity contribution in [1.82, 2.24) is 54.9 Å². The summed E-state index contributed by atoms with van der Waals surface area (Å²) in [5.74, 6) is -5.41. The molecule has 6 aliphatic rings. The Balaban J connectivity index is 0.648. The summed E-state index contributed by atoms with van der Waals surface area (Å²) in [6.45, 7) is 2.69. The topological polar surface area (TPSA) is 211 Å². The highest BCUT2D eigenvalue weighted by Crippen LogP contribution is 2.44. The van der Waals surface area contributed by atoms with Gasteiger partial charge >= 0.3 is 6.03 Å². The van der Waals surface area contributed by atoms with Gasteiger partial charge in [0.05, 0.1) is 48.8 Å². The number of anilines is 3. The number of nitrogens with one attached hydrogen (secondary N) is 3. The molecule has 6 amide bonds. The van der Waals surface area contributed by atoms with Gasteiger partial charge in [-0.2, -0.15) is 5.10 Å². The van der Waals surface area contributed by atoms with Crippen LogP contribution in [0.25, 0.3) is 22.2 Å². The third-order valence-corrected chi connectivity index (χ3v) is 15.0. The van der Waals surface area contributed by atoms with Crippen LogP contribution < -0.4 is 20.4 Å². The van der Waals surface area contributed by atoms with Crippen LogP contribution in [0.3, 0.4) is 0 Å². The van der Waals surface area contributed by atoms with Crippen molar-refractivity contribution in [3.05, 3.63) is 94.3 Å². The number of nitrogens with zero attached hydrogens (tertiary/aromatic N) is 11. The molecule has 354 valence electrons. The summed E-state index contributed by atoms with van der Waals surface area (Å²) in [5, 5.41) is 23.7. The fourth-order valence-electron chi connectivity index (χ4n) is 10.9. The van der Waals surface area contributed by atoms with Gasteiger partial charge in [0.15, 0.2) is 22.8 Å². The van der Waals surface area contributed by atoms with Crippen LogP contribution in [0, 0.1) is 11.2 Å². The maximum Gasteiger partial charge on any atom is 0.329 e. The molecule has 4 saturated heterocycles. The second kappa shape index (κ2) is 16.2. The highest BCUT2D eigenvalue weighted by Gasteiger charge is 2.54. The van der Waals surface area contributed by atoms with Crippen LogP contribution in [0.4, 0.5) is 34.7 Å². The Morgan fingerprint density at radius 1 is 0.957 bits per heavy atom. The largest absolute Gasteiger partial charge is 0.354 e. The number of aromatic nitrogens is 7. The van der Waals surface area contributed by atoms with E-state index < -0.39 is 48.1 Å². The van der Waals surface area contributed by atoms with Crippen molar-refractivity contribution in [2.75, 3.05) is 67.5 Å². The number of amides is 6. The summed E-state index contributed by atoms with van der Waals surface area (Å²) in [6.07, 6.45) is 5.11. The lowest BCUT2D eigenvalue weighted by molar-refractivity contribution is -0.149. The summed E-state index contributed by atoms with van der Waals surface area (Å²) in [6, 6.07) is 9.63. The molecule has 19 nitrogen and oxygen atoms in total. The molecule has 23 heteroatoms. The average molecular weight is 961 g/mol. The predicted molar refractivity (Wildman–Crippen MR) is 243 cm³/mol. The average Bonchev–Trinajstić information content (AvgIpc) is 4.15. The molecule has 2 aromatic carbocycles. The van der Waals surface area contributed by atoms with Crippen molar-refractivity contribution >= 4 is 68.7 Å². The standard InChI is InChI=1S/C46H43F3N14O5S/c47-31-15-26(14-28-29(31)17-63(42(28)67)39(41(66)53-43-50-9-13-69-43)38-34-2-1-10-59(34)24-51-38)32-5-6-35(56-54-32)60-19-45(20-60)21-61(22-45)37(65)18-58-11-7-30(46(48,49)23-58)25-3-4-27-33(16-25)55-57-40(27)62-12-8-36(64)52-44(62)68/h3-6,9,13-16,24,30,39H,1-2,7-8,10-12,17-23H2,(H,55,57)(H,50,53,66)(H,52,64,68). The normalized spacial score (nSPS) is 21.0. The molecule has 10 heterocycles. The Bertz CT molecular complexity index is 3090. The van der Waals surface area contributed by atoms with E-state index >= 15 is 13.2 Å².